The van der Waals surface area contributed by atoms with E-state index >= 15 is 0 Å². The average molecular weight is 470 g/mol. The first-order valence-electron chi connectivity index (χ1n) is 10.8. The van der Waals surface area contributed by atoms with Gasteiger partial charge in [0.15, 0.2) is 0 Å². The molecule has 2 aromatic carbocycles. The smallest absolute Gasteiger partial charge is 0.250 e. The molecule has 0 radical (unpaired) electrons. The van der Waals surface area contributed by atoms with Crippen LogP contribution in [0.15, 0.2) is 30.3 Å². The Morgan fingerprint density at radius 3 is 2.66 bits per heavy atom. The molecule has 3 saturated heterocycles. The molecular formula is C24H21Cl2N3O3. The lowest BCUT2D eigenvalue weighted by molar-refractivity contribution is -0.135. The third-order valence-corrected chi connectivity index (χ3v) is 8.37. The van der Waals surface area contributed by atoms with Crippen LogP contribution in [-0.4, -0.2) is 35.2 Å². The maximum Gasteiger partial charge on any atom is 0.250 e. The Morgan fingerprint density at radius 1 is 1.09 bits per heavy atom. The van der Waals surface area contributed by atoms with Gasteiger partial charge in [-0.3, -0.25) is 19.3 Å². The highest BCUT2D eigenvalue weighted by atomic mass is 35.5. The number of benzene rings is 2. The van der Waals surface area contributed by atoms with E-state index in [0.29, 0.717) is 39.1 Å². The number of carbonyl (C=O) groups excluding carboxylic acids is 3. The molecule has 8 heteroatoms. The number of hydrogen-bond acceptors (Lipinski definition) is 4. The second-order valence-corrected chi connectivity index (χ2v) is 10.0. The highest BCUT2D eigenvalue weighted by Gasteiger charge is 2.74. The predicted molar refractivity (Wildman–Crippen MR) is 122 cm³/mol. The largest absolute Gasteiger partial charge is 0.324 e. The lowest BCUT2D eigenvalue weighted by Crippen LogP contribution is -2.54. The summed E-state index contributed by atoms with van der Waals surface area (Å²) < 4.78 is 0. The molecule has 2 aromatic rings. The summed E-state index contributed by atoms with van der Waals surface area (Å²) in [6.45, 7) is 4.35. The number of nitrogens with zero attached hydrogens (tertiary/aromatic N) is 2. The van der Waals surface area contributed by atoms with Crippen LogP contribution < -0.4 is 10.2 Å². The molecule has 4 atom stereocenters. The lowest BCUT2D eigenvalue weighted by atomic mass is 9.75. The third kappa shape index (κ3) is 2.23. The van der Waals surface area contributed by atoms with E-state index in [1.54, 1.807) is 37.3 Å². The van der Waals surface area contributed by atoms with Crippen LogP contribution in [0.2, 0.25) is 10.0 Å². The quantitative estimate of drug-likeness (QED) is 0.639. The van der Waals surface area contributed by atoms with Crippen molar-refractivity contribution in [3.63, 3.8) is 0 Å². The number of imide groups is 1. The van der Waals surface area contributed by atoms with E-state index in [1.165, 1.54) is 4.90 Å². The number of halogens is 2. The van der Waals surface area contributed by atoms with Crippen molar-refractivity contribution < 1.29 is 14.4 Å². The van der Waals surface area contributed by atoms with Crippen LogP contribution in [0, 0.1) is 25.7 Å². The summed E-state index contributed by atoms with van der Waals surface area (Å²) in [4.78, 5) is 44.9. The van der Waals surface area contributed by atoms with Gasteiger partial charge in [-0.2, -0.15) is 0 Å². The molecular weight excluding hydrogens is 449 g/mol. The molecule has 4 aliphatic heterocycles. The SMILES string of the molecule is Cc1cc(Cl)cc2c1NC(=O)[C@]21[C@@H]2C(=O)N(c3cccc(Cl)c3C)C(=O)[C@@H]2[C@@H]2CCCN21. The van der Waals surface area contributed by atoms with Crippen LogP contribution in [-0.2, 0) is 19.9 Å². The molecule has 6 nitrogen and oxygen atoms in total. The van der Waals surface area contributed by atoms with Crippen molar-refractivity contribution in [3.05, 3.63) is 57.1 Å². The van der Waals surface area contributed by atoms with Gasteiger partial charge in [-0.05, 0) is 68.6 Å². The number of carbonyl (C=O) groups is 3. The van der Waals surface area contributed by atoms with E-state index in [0.717, 1.165) is 18.4 Å². The van der Waals surface area contributed by atoms with Crippen LogP contribution in [0.25, 0.3) is 0 Å². The number of anilines is 2. The Kier molecular flexibility index (Phi) is 4.15. The molecule has 0 aromatic heterocycles. The van der Waals surface area contributed by atoms with E-state index in [-0.39, 0.29) is 23.8 Å². The zero-order valence-corrected chi connectivity index (χ0v) is 19.1. The standard InChI is InChI=1S/C24H21Cl2N3O3/c1-11-9-13(25)10-14-20(11)27-23(32)24(14)19-18(17-7-4-8-28(17)24)21(30)29(22(19)31)16-6-3-5-15(26)12(16)2/h3,5-6,9-10,17-19H,4,7-8H2,1-2H3,(H,27,32)/t17-,18+,19-,24+/m0/s1. The van der Waals surface area contributed by atoms with Crippen molar-refractivity contribution in [2.24, 2.45) is 11.8 Å². The van der Waals surface area contributed by atoms with Gasteiger partial charge in [0.25, 0.3) is 0 Å². The molecule has 6 rings (SSSR count). The second-order valence-electron chi connectivity index (χ2n) is 9.17. The summed E-state index contributed by atoms with van der Waals surface area (Å²) in [5.41, 5.74) is 2.17. The van der Waals surface area contributed by atoms with Crippen molar-refractivity contribution in [1.82, 2.24) is 4.90 Å². The van der Waals surface area contributed by atoms with Gasteiger partial charge < -0.3 is 5.32 Å². The van der Waals surface area contributed by atoms with Crippen molar-refractivity contribution >= 4 is 52.3 Å². The first-order valence-corrected chi connectivity index (χ1v) is 11.6. The molecule has 1 N–H and O–H groups in total. The molecule has 3 amide bonds. The van der Waals surface area contributed by atoms with Gasteiger partial charge in [-0.25, -0.2) is 4.90 Å². The Labute approximate surface area is 195 Å². The minimum absolute atomic E-state index is 0.170. The topological polar surface area (TPSA) is 69.7 Å². The van der Waals surface area contributed by atoms with Gasteiger partial charge in [0.05, 0.1) is 17.5 Å². The Bertz CT molecular complexity index is 1250. The van der Waals surface area contributed by atoms with Crippen LogP contribution in [0.4, 0.5) is 11.4 Å². The van der Waals surface area contributed by atoms with E-state index in [4.69, 9.17) is 23.2 Å². The van der Waals surface area contributed by atoms with E-state index < -0.39 is 17.4 Å². The summed E-state index contributed by atoms with van der Waals surface area (Å²) in [6.07, 6.45) is 1.64. The van der Waals surface area contributed by atoms with Crippen LogP contribution in [0.5, 0.6) is 0 Å². The zero-order chi connectivity index (χ0) is 22.5. The van der Waals surface area contributed by atoms with Gasteiger partial charge in [-0.15, -0.1) is 0 Å². The average Bonchev–Trinajstić information content (AvgIpc) is 3.44. The van der Waals surface area contributed by atoms with E-state index in [9.17, 15) is 14.4 Å². The van der Waals surface area contributed by atoms with Gasteiger partial charge in [0.2, 0.25) is 17.7 Å². The predicted octanol–water partition coefficient (Wildman–Crippen LogP) is 4.04. The van der Waals surface area contributed by atoms with Gasteiger partial charge in [0, 0.05) is 27.3 Å². The number of hydrogen-bond donors (Lipinski definition) is 1. The number of fused-ring (bicyclic) bond motifs is 7. The number of rotatable bonds is 1. The highest BCUT2D eigenvalue weighted by molar-refractivity contribution is 6.33. The van der Waals surface area contributed by atoms with Gasteiger partial charge in [-0.1, -0.05) is 29.3 Å². The molecule has 4 aliphatic rings. The first-order chi connectivity index (χ1) is 15.3. The van der Waals surface area contributed by atoms with Gasteiger partial charge in [0.1, 0.15) is 5.54 Å². The Balaban J connectivity index is 1.59. The Hall–Kier alpha value is -2.41. The van der Waals surface area contributed by atoms with Crippen LogP contribution in [0.1, 0.15) is 29.5 Å². The monoisotopic (exact) mass is 469 g/mol. The van der Waals surface area contributed by atoms with Gasteiger partial charge >= 0.3 is 0 Å². The molecule has 32 heavy (non-hydrogen) atoms. The minimum atomic E-state index is -1.23. The zero-order valence-electron chi connectivity index (χ0n) is 17.6. The summed E-state index contributed by atoms with van der Waals surface area (Å²) in [6, 6.07) is 8.62. The number of amides is 3. The summed E-state index contributed by atoms with van der Waals surface area (Å²) in [5, 5.41) is 4.02. The third-order valence-electron chi connectivity index (χ3n) is 7.74. The normalized spacial score (nSPS) is 30.8. The maximum atomic E-state index is 14.0. The molecule has 0 unspecified atom stereocenters. The molecule has 0 saturated carbocycles. The molecule has 0 bridgehead atoms. The van der Waals surface area contributed by atoms with Crippen LogP contribution >= 0.6 is 23.2 Å². The molecule has 4 heterocycles. The number of nitrogens with one attached hydrogen (secondary N) is 1. The van der Waals surface area contributed by atoms with Crippen molar-refractivity contribution in [2.75, 3.05) is 16.8 Å². The lowest BCUT2D eigenvalue weighted by Gasteiger charge is -2.37. The molecule has 3 fully saturated rings. The summed E-state index contributed by atoms with van der Waals surface area (Å²) >= 11 is 12.7. The summed E-state index contributed by atoms with van der Waals surface area (Å²) in [7, 11) is 0. The van der Waals surface area contributed by atoms with Crippen LogP contribution in [0.3, 0.4) is 0 Å². The number of aryl methyl sites for hydroxylation is 1. The van der Waals surface area contributed by atoms with Crippen molar-refractivity contribution in [3.8, 4) is 0 Å². The Morgan fingerprint density at radius 2 is 1.88 bits per heavy atom. The highest BCUT2D eigenvalue weighted by Crippen LogP contribution is 2.61. The van der Waals surface area contributed by atoms with E-state index in [2.05, 4.69) is 10.2 Å². The fourth-order valence-electron chi connectivity index (χ4n) is 6.51. The maximum absolute atomic E-state index is 14.0. The molecule has 164 valence electrons. The molecule has 1 spiro atoms. The van der Waals surface area contributed by atoms with Crippen molar-refractivity contribution in [1.29, 1.82) is 0 Å². The summed E-state index contributed by atoms with van der Waals surface area (Å²) in [5.74, 6) is -2.24. The fraction of sp³-hybridized carbons (Fsp3) is 0.375. The molecule has 0 aliphatic carbocycles. The van der Waals surface area contributed by atoms with E-state index in [1.807, 2.05) is 6.92 Å². The second kappa shape index (κ2) is 6.56. The fourth-order valence-corrected chi connectivity index (χ4v) is 6.95. The first kappa shape index (κ1) is 20.2. The van der Waals surface area contributed by atoms with Crippen molar-refractivity contribution in [2.45, 2.75) is 38.3 Å². The minimum Gasteiger partial charge on any atom is -0.324 e.